The number of aromatic nitrogens is 2. The first-order valence-corrected chi connectivity index (χ1v) is 15.5. The number of benzene rings is 1. The number of piperidine rings is 1. The monoisotopic (exact) mass is 571 g/mol. The van der Waals surface area contributed by atoms with E-state index < -0.39 is 5.97 Å². The summed E-state index contributed by atoms with van der Waals surface area (Å²) in [5.74, 6) is -0.486. The van der Waals surface area contributed by atoms with Crippen molar-refractivity contribution in [2.45, 2.75) is 89.4 Å². The molecule has 9 heteroatoms. The van der Waals surface area contributed by atoms with Crippen molar-refractivity contribution in [3.8, 4) is 11.8 Å². The number of aryl methyl sites for hydroxylation is 1. The topological polar surface area (TPSA) is 99.1 Å². The van der Waals surface area contributed by atoms with Crippen LogP contribution in [0.5, 0.6) is 11.8 Å². The molecular formula is C33H41N5O4. The summed E-state index contributed by atoms with van der Waals surface area (Å²) in [4.78, 5) is 40.8. The van der Waals surface area contributed by atoms with Gasteiger partial charge in [-0.2, -0.15) is 4.98 Å². The molecule has 9 nitrogen and oxygen atoms in total. The maximum Gasteiger partial charge on any atom is 0.335 e. The summed E-state index contributed by atoms with van der Waals surface area (Å²) in [6, 6.07) is 7.50. The largest absolute Gasteiger partial charge is 0.478 e. The first-order valence-electron chi connectivity index (χ1n) is 15.5. The second-order valence-corrected chi connectivity index (χ2v) is 12.0. The van der Waals surface area contributed by atoms with Crippen LogP contribution in [0.15, 0.2) is 54.3 Å². The van der Waals surface area contributed by atoms with E-state index in [0.717, 1.165) is 76.0 Å². The number of allylic oxidation sites excluding steroid dienone is 2. The minimum absolute atomic E-state index is 0.163. The number of carboxylic acid groups (broad SMARTS) is 1. The Hall–Kier alpha value is -3.72. The smallest absolute Gasteiger partial charge is 0.335 e. The molecule has 1 N–H and O–H groups in total. The van der Waals surface area contributed by atoms with E-state index in [0.29, 0.717) is 11.8 Å². The molecule has 2 aliphatic heterocycles. The fourth-order valence-corrected chi connectivity index (χ4v) is 6.93. The molecule has 1 atom stereocenters. The Balaban J connectivity index is 1.08. The van der Waals surface area contributed by atoms with Crippen molar-refractivity contribution in [2.24, 2.45) is 0 Å². The van der Waals surface area contributed by atoms with Crippen LogP contribution in [0.2, 0.25) is 0 Å². The molecule has 2 aliphatic carbocycles. The minimum atomic E-state index is -0.978. The Morgan fingerprint density at radius 2 is 1.79 bits per heavy atom. The van der Waals surface area contributed by atoms with Gasteiger partial charge in [0, 0.05) is 55.7 Å². The molecule has 0 bridgehead atoms. The molecule has 1 aromatic heterocycles. The van der Waals surface area contributed by atoms with Gasteiger partial charge in [0.2, 0.25) is 0 Å². The molecule has 2 saturated heterocycles. The summed E-state index contributed by atoms with van der Waals surface area (Å²) in [7, 11) is 0. The van der Waals surface area contributed by atoms with Crippen molar-refractivity contribution in [1.29, 1.82) is 0 Å². The average molecular weight is 572 g/mol. The third kappa shape index (κ3) is 6.21. The Morgan fingerprint density at radius 1 is 1.02 bits per heavy atom. The fourth-order valence-electron chi connectivity index (χ4n) is 6.93. The van der Waals surface area contributed by atoms with E-state index in [2.05, 4.69) is 42.9 Å². The second-order valence-electron chi connectivity index (χ2n) is 12.0. The lowest BCUT2D eigenvalue weighted by molar-refractivity contribution is 0.0696. The maximum atomic E-state index is 13.9. The molecule has 0 radical (unpaired) electrons. The van der Waals surface area contributed by atoms with Gasteiger partial charge in [-0.15, -0.1) is 0 Å². The molecule has 6 rings (SSSR count). The van der Waals surface area contributed by atoms with Crippen LogP contribution in [-0.2, 0) is 6.54 Å². The lowest BCUT2D eigenvalue weighted by atomic mass is 9.93. The number of nitrogens with zero attached hydrogens (tertiary/aromatic N) is 5. The molecule has 3 fully saturated rings. The van der Waals surface area contributed by atoms with E-state index in [1.54, 1.807) is 12.1 Å². The number of carbonyl (C=O) groups excluding carboxylic acids is 1. The third-order valence-corrected chi connectivity index (χ3v) is 9.31. The van der Waals surface area contributed by atoms with Crippen molar-refractivity contribution in [3.05, 3.63) is 71.1 Å². The summed E-state index contributed by atoms with van der Waals surface area (Å²) in [5.41, 5.74) is 3.44. The van der Waals surface area contributed by atoms with Gasteiger partial charge in [0.25, 0.3) is 0 Å². The number of carboxylic acids is 1. The Bertz CT molecular complexity index is 1340. The van der Waals surface area contributed by atoms with Gasteiger partial charge in [-0.25, -0.2) is 14.6 Å². The maximum absolute atomic E-state index is 13.9. The molecule has 2 aromatic rings. The second kappa shape index (κ2) is 12.7. The van der Waals surface area contributed by atoms with E-state index in [1.807, 2.05) is 13.1 Å². The predicted octanol–water partition coefficient (Wildman–Crippen LogP) is 5.96. The van der Waals surface area contributed by atoms with Crippen LogP contribution in [0.25, 0.3) is 0 Å². The normalized spacial score (nSPS) is 22.5. The number of rotatable bonds is 8. The summed E-state index contributed by atoms with van der Waals surface area (Å²) < 4.78 is 5.75. The lowest BCUT2D eigenvalue weighted by Gasteiger charge is -2.39. The van der Waals surface area contributed by atoms with Gasteiger partial charge >= 0.3 is 18.0 Å². The van der Waals surface area contributed by atoms with Crippen LogP contribution in [-0.4, -0.2) is 79.5 Å². The van der Waals surface area contributed by atoms with Gasteiger partial charge in [-0.1, -0.05) is 37.5 Å². The standard InChI is InChI=1S/C33H41N5O4/c1-23-26(20-34-32(35-23)42-29-14-12-25(13-15-29)31(39)40)21-36-18-16-28(17-19-36)38-30(24-8-4-2-5-9-24)22-37(33(38)41)27-10-6-3-7-11-27/h4,8-9,12-15,20,27-28,30H,2-3,5-7,10-11,16-19,21-22H2,1H3,(H,39,40)/t30-/m0/s1. The number of urea groups is 1. The molecule has 0 spiro atoms. The average Bonchev–Trinajstić information content (AvgIpc) is 3.37. The zero-order chi connectivity index (χ0) is 29.1. The quantitative estimate of drug-likeness (QED) is 0.418. The number of ether oxygens (including phenoxy) is 1. The van der Waals surface area contributed by atoms with E-state index >= 15 is 0 Å². The van der Waals surface area contributed by atoms with Crippen molar-refractivity contribution in [2.75, 3.05) is 19.6 Å². The first-order chi connectivity index (χ1) is 20.5. The van der Waals surface area contributed by atoms with Crippen molar-refractivity contribution < 1.29 is 19.4 Å². The van der Waals surface area contributed by atoms with Gasteiger partial charge in [0.05, 0.1) is 11.6 Å². The fraction of sp³-hybridized carbons (Fsp3) is 0.515. The number of hydrogen-bond donors (Lipinski definition) is 1. The molecule has 2 amide bonds. The predicted molar refractivity (Wildman–Crippen MR) is 160 cm³/mol. The molecule has 0 unspecified atom stereocenters. The van der Waals surface area contributed by atoms with Crippen LogP contribution in [0.4, 0.5) is 4.79 Å². The number of carbonyl (C=O) groups is 2. The van der Waals surface area contributed by atoms with Gasteiger partial charge in [0.1, 0.15) is 5.75 Å². The third-order valence-electron chi connectivity index (χ3n) is 9.31. The summed E-state index contributed by atoms with van der Waals surface area (Å²) in [5, 5.41) is 9.08. The Labute approximate surface area is 247 Å². The van der Waals surface area contributed by atoms with Gasteiger partial charge in [0.15, 0.2) is 0 Å². The van der Waals surface area contributed by atoms with Gasteiger partial charge < -0.3 is 19.6 Å². The Kier molecular flexibility index (Phi) is 8.55. The summed E-state index contributed by atoms with van der Waals surface area (Å²) in [6.45, 7) is 5.39. The van der Waals surface area contributed by atoms with Crippen molar-refractivity contribution >= 4 is 12.0 Å². The van der Waals surface area contributed by atoms with Crippen molar-refractivity contribution in [1.82, 2.24) is 24.7 Å². The highest BCUT2D eigenvalue weighted by atomic mass is 16.5. The Morgan fingerprint density at radius 3 is 2.45 bits per heavy atom. The van der Waals surface area contributed by atoms with Crippen LogP contribution >= 0.6 is 0 Å². The van der Waals surface area contributed by atoms with Crippen molar-refractivity contribution in [3.63, 3.8) is 0 Å². The number of aromatic carboxylic acids is 1. The summed E-state index contributed by atoms with van der Waals surface area (Å²) in [6.07, 6.45) is 18.8. The van der Waals surface area contributed by atoms with Gasteiger partial charge in [-0.05, 0) is 75.3 Å². The van der Waals surface area contributed by atoms with Crippen LogP contribution in [0, 0.1) is 6.92 Å². The molecule has 1 saturated carbocycles. The molecule has 4 aliphatic rings. The SMILES string of the molecule is Cc1nc(Oc2ccc(C(=O)O)cc2)ncc1CN1CCC(N2C(=O)N(C3CCCCC3)C[C@H]2C2=CCCC=C2)CC1. The molecule has 42 heavy (non-hydrogen) atoms. The molecule has 222 valence electrons. The molecule has 1 aromatic carbocycles. The minimum Gasteiger partial charge on any atom is -0.478 e. The van der Waals surface area contributed by atoms with E-state index in [1.165, 1.54) is 37.0 Å². The zero-order valence-electron chi connectivity index (χ0n) is 24.5. The number of amides is 2. The van der Waals surface area contributed by atoms with E-state index in [-0.39, 0.29) is 29.7 Å². The van der Waals surface area contributed by atoms with Crippen LogP contribution in [0.3, 0.4) is 0 Å². The zero-order valence-corrected chi connectivity index (χ0v) is 24.5. The number of hydrogen-bond acceptors (Lipinski definition) is 6. The van der Waals surface area contributed by atoms with E-state index in [4.69, 9.17) is 9.84 Å². The highest BCUT2D eigenvalue weighted by molar-refractivity contribution is 5.87. The summed E-state index contributed by atoms with van der Waals surface area (Å²) >= 11 is 0. The van der Waals surface area contributed by atoms with Crippen LogP contribution in [0.1, 0.15) is 79.4 Å². The highest BCUT2D eigenvalue weighted by Crippen LogP contribution is 2.35. The van der Waals surface area contributed by atoms with Gasteiger partial charge in [-0.3, -0.25) is 4.90 Å². The molecule has 3 heterocycles. The molecular weight excluding hydrogens is 530 g/mol. The van der Waals surface area contributed by atoms with Crippen LogP contribution < -0.4 is 4.74 Å². The van der Waals surface area contributed by atoms with E-state index in [9.17, 15) is 9.59 Å². The lowest BCUT2D eigenvalue weighted by Crippen LogP contribution is -2.50. The highest BCUT2D eigenvalue weighted by Gasteiger charge is 2.45. The number of likely N-dealkylation sites (tertiary alicyclic amines) is 1. The first kappa shape index (κ1) is 28.4.